The van der Waals surface area contributed by atoms with Gasteiger partial charge < -0.3 is 20.1 Å². The Labute approximate surface area is 254 Å². The fourth-order valence-electron chi connectivity index (χ4n) is 6.14. The summed E-state index contributed by atoms with van der Waals surface area (Å²) in [4.78, 5) is 10.3. The van der Waals surface area contributed by atoms with Crippen LogP contribution in [-0.2, 0) is 24.9 Å². The van der Waals surface area contributed by atoms with Gasteiger partial charge in [-0.25, -0.2) is 23.2 Å². The Bertz CT molecular complexity index is 1530. The molecule has 11 nitrogen and oxygen atoms in total. The quantitative estimate of drug-likeness (QED) is 0.310. The summed E-state index contributed by atoms with van der Waals surface area (Å²) in [6, 6.07) is 16.9. The van der Waals surface area contributed by atoms with E-state index < -0.39 is 16.3 Å². The molecule has 0 spiro atoms. The Hall–Kier alpha value is -3.29. The van der Waals surface area contributed by atoms with Gasteiger partial charge in [0.25, 0.3) is 0 Å². The van der Waals surface area contributed by atoms with Gasteiger partial charge in [0.05, 0.1) is 24.5 Å². The van der Waals surface area contributed by atoms with Gasteiger partial charge in [0.2, 0.25) is 16.0 Å². The van der Waals surface area contributed by atoms with Gasteiger partial charge in [-0.15, -0.1) is 0 Å². The molecule has 3 heterocycles. The molecule has 230 valence electrons. The van der Waals surface area contributed by atoms with Gasteiger partial charge in [0, 0.05) is 37.2 Å². The largest absolute Gasteiger partial charge is 0.369 e. The van der Waals surface area contributed by atoms with Gasteiger partial charge in [-0.3, -0.25) is 0 Å². The van der Waals surface area contributed by atoms with Crippen LogP contribution in [0, 0.1) is 0 Å². The summed E-state index contributed by atoms with van der Waals surface area (Å²) >= 11 is 0. The molecular formula is C31H41N7O4S. The van der Waals surface area contributed by atoms with E-state index in [0.717, 1.165) is 49.2 Å². The molecule has 3 aliphatic rings. The molecule has 2 fully saturated rings. The summed E-state index contributed by atoms with van der Waals surface area (Å²) in [7, 11) is -2.13. The molecule has 1 atom stereocenters. The molecule has 43 heavy (non-hydrogen) atoms. The van der Waals surface area contributed by atoms with E-state index in [4.69, 9.17) is 19.4 Å². The van der Waals surface area contributed by atoms with E-state index >= 15 is 0 Å². The van der Waals surface area contributed by atoms with E-state index in [9.17, 15) is 8.42 Å². The number of nitrogens with one attached hydrogen (secondary N) is 3. The Morgan fingerprint density at radius 3 is 2.56 bits per heavy atom. The number of hydrogen-bond acceptors (Lipinski definition) is 10. The van der Waals surface area contributed by atoms with Crippen molar-refractivity contribution in [1.29, 1.82) is 0 Å². The van der Waals surface area contributed by atoms with Crippen LogP contribution in [0.25, 0.3) is 0 Å². The van der Waals surface area contributed by atoms with Gasteiger partial charge >= 0.3 is 0 Å². The van der Waals surface area contributed by atoms with Crippen LogP contribution in [0.4, 0.5) is 29.0 Å². The van der Waals surface area contributed by atoms with E-state index in [2.05, 4.69) is 34.2 Å². The SMILES string of the molecule is COC1CN(N(c2ccccc2)c2nc3c(c(Nc4ccccc4S(=O)(=O)NC4CCCCC4)n2)C(C)(C)CN3)CCO1. The Kier molecular flexibility index (Phi) is 8.56. The standard InChI is InChI=1S/C31H41N7O4S/c1-31(2)21-32-28-27(31)29(33-24-16-10-11-17-25(24)43(39,40)36-22-12-6-4-7-13-22)35-30(34-28)38(23-14-8-5-9-15-23)37-18-19-42-26(20-37)41-3/h5,8-11,14-17,22,26,36H,4,6-7,12-13,18-21H2,1-3H3,(H2,32,33,34,35). The van der Waals surface area contributed by atoms with E-state index in [-0.39, 0.29) is 16.4 Å². The molecule has 2 aliphatic heterocycles. The van der Waals surface area contributed by atoms with Crippen LogP contribution in [0.1, 0.15) is 51.5 Å². The summed E-state index contributed by atoms with van der Waals surface area (Å²) in [5.74, 6) is 1.73. The fraction of sp³-hybridized carbons (Fsp3) is 0.484. The molecule has 0 bridgehead atoms. The number of para-hydroxylation sites is 2. The topological polar surface area (TPSA) is 121 Å². The molecule has 1 unspecified atom stereocenters. The van der Waals surface area contributed by atoms with Crippen molar-refractivity contribution in [3.63, 3.8) is 0 Å². The molecule has 6 rings (SSSR count). The molecule has 1 saturated carbocycles. The second-order valence-electron chi connectivity index (χ2n) is 12.0. The van der Waals surface area contributed by atoms with Gasteiger partial charge in [-0.05, 0) is 37.1 Å². The lowest BCUT2D eigenvalue weighted by molar-refractivity contribution is -0.164. The minimum Gasteiger partial charge on any atom is -0.369 e. The number of fused-ring (bicyclic) bond motifs is 1. The summed E-state index contributed by atoms with van der Waals surface area (Å²) < 4.78 is 41.6. The molecule has 1 aliphatic carbocycles. The summed E-state index contributed by atoms with van der Waals surface area (Å²) in [5, 5.41) is 11.0. The van der Waals surface area contributed by atoms with E-state index in [1.165, 1.54) is 0 Å². The van der Waals surface area contributed by atoms with Crippen LogP contribution >= 0.6 is 0 Å². The molecule has 1 aromatic heterocycles. The Balaban J connectivity index is 1.42. The molecule has 12 heteroatoms. The number of nitrogens with zero attached hydrogens (tertiary/aromatic N) is 4. The minimum atomic E-state index is -3.77. The highest BCUT2D eigenvalue weighted by molar-refractivity contribution is 7.89. The number of morpholine rings is 1. The van der Waals surface area contributed by atoms with Crippen molar-refractivity contribution in [3.8, 4) is 0 Å². The van der Waals surface area contributed by atoms with Crippen molar-refractivity contribution in [1.82, 2.24) is 19.7 Å². The maximum Gasteiger partial charge on any atom is 0.249 e. The van der Waals surface area contributed by atoms with Gasteiger partial charge in [-0.2, -0.15) is 9.97 Å². The van der Waals surface area contributed by atoms with E-state index in [1.807, 2.05) is 41.4 Å². The van der Waals surface area contributed by atoms with E-state index in [0.29, 0.717) is 43.7 Å². The zero-order valence-corrected chi connectivity index (χ0v) is 25.9. The number of methoxy groups -OCH3 is 1. The van der Waals surface area contributed by atoms with Gasteiger partial charge in [-0.1, -0.05) is 63.4 Å². The fourth-order valence-corrected chi connectivity index (χ4v) is 7.60. The van der Waals surface area contributed by atoms with Crippen LogP contribution in [-0.4, -0.2) is 69.1 Å². The molecule has 2 aromatic carbocycles. The third-order valence-corrected chi connectivity index (χ3v) is 9.96. The number of anilines is 5. The molecule has 0 radical (unpaired) electrons. The van der Waals surface area contributed by atoms with Crippen LogP contribution in [0.15, 0.2) is 59.5 Å². The van der Waals surface area contributed by atoms with Crippen molar-refractivity contribution >= 4 is 39.0 Å². The number of benzene rings is 2. The lowest BCUT2D eigenvalue weighted by Crippen LogP contribution is -2.51. The third-order valence-electron chi connectivity index (χ3n) is 8.38. The summed E-state index contributed by atoms with van der Waals surface area (Å²) in [6.07, 6.45) is 4.56. The smallest absolute Gasteiger partial charge is 0.249 e. The van der Waals surface area contributed by atoms with Crippen molar-refractivity contribution in [2.24, 2.45) is 0 Å². The normalized spacial score (nSPS) is 20.8. The lowest BCUT2D eigenvalue weighted by atomic mass is 9.88. The van der Waals surface area contributed by atoms with Crippen LogP contribution in [0.3, 0.4) is 0 Å². The first-order valence-corrected chi connectivity index (χ1v) is 16.5. The minimum absolute atomic E-state index is 0.0475. The first-order valence-electron chi connectivity index (χ1n) is 15.0. The molecule has 3 aromatic rings. The predicted molar refractivity (Wildman–Crippen MR) is 167 cm³/mol. The Morgan fingerprint density at radius 2 is 1.79 bits per heavy atom. The number of hydrogen-bond donors (Lipinski definition) is 3. The molecule has 0 amide bonds. The number of sulfonamides is 1. The Morgan fingerprint density at radius 1 is 1.05 bits per heavy atom. The van der Waals surface area contributed by atoms with Crippen molar-refractivity contribution < 1.29 is 17.9 Å². The molecule has 3 N–H and O–H groups in total. The first kappa shape index (κ1) is 29.8. The first-order chi connectivity index (χ1) is 20.7. The van der Waals surface area contributed by atoms with Crippen LogP contribution < -0.4 is 20.4 Å². The second-order valence-corrected chi connectivity index (χ2v) is 13.7. The van der Waals surface area contributed by atoms with Crippen LogP contribution in [0.5, 0.6) is 0 Å². The lowest BCUT2D eigenvalue weighted by Gasteiger charge is -2.39. The monoisotopic (exact) mass is 607 g/mol. The summed E-state index contributed by atoms with van der Waals surface area (Å²) in [6.45, 7) is 6.53. The van der Waals surface area contributed by atoms with Gasteiger partial charge in [0.1, 0.15) is 16.5 Å². The average molecular weight is 608 g/mol. The zero-order chi connectivity index (χ0) is 30.0. The predicted octanol–water partition coefficient (Wildman–Crippen LogP) is 4.89. The highest BCUT2D eigenvalue weighted by Gasteiger charge is 2.37. The van der Waals surface area contributed by atoms with Crippen molar-refractivity contribution in [3.05, 3.63) is 60.2 Å². The third kappa shape index (κ3) is 6.34. The van der Waals surface area contributed by atoms with Crippen LogP contribution in [0.2, 0.25) is 0 Å². The zero-order valence-electron chi connectivity index (χ0n) is 25.0. The van der Waals surface area contributed by atoms with Crippen molar-refractivity contribution in [2.45, 2.75) is 68.6 Å². The highest BCUT2D eigenvalue weighted by atomic mass is 32.2. The second kappa shape index (κ2) is 12.4. The van der Waals surface area contributed by atoms with Crippen molar-refractivity contribution in [2.75, 3.05) is 49.0 Å². The number of ether oxygens (including phenoxy) is 2. The van der Waals surface area contributed by atoms with E-state index in [1.54, 1.807) is 25.3 Å². The molecule has 1 saturated heterocycles. The maximum atomic E-state index is 13.7. The van der Waals surface area contributed by atoms with Gasteiger partial charge in [0.15, 0.2) is 6.29 Å². The average Bonchev–Trinajstić information content (AvgIpc) is 3.32. The highest BCUT2D eigenvalue weighted by Crippen LogP contribution is 2.43. The molecular weight excluding hydrogens is 566 g/mol. The number of aromatic nitrogens is 2. The summed E-state index contributed by atoms with van der Waals surface area (Å²) in [5.41, 5.74) is 1.98. The maximum absolute atomic E-state index is 13.7. The number of hydrazine groups is 1. The number of rotatable bonds is 9.